The molecule has 0 aliphatic rings. The molecule has 0 saturated carbocycles. The van der Waals surface area contributed by atoms with Crippen LogP contribution >= 0.6 is 11.8 Å². The Labute approximate surface area is 201 Å². The molecule has 0 radical (unpaired) electrons. The van der Waals surface area contributed by atoms with E-state index in [9.17, 15) is 14.4 Å². The Hall–Kier alpha value is -4.11. The Morgan fingerprint density at radius 3 is 2.21 bits per heavy atom. The molecule has 0 heterocycles. The van der Waals surface area contributed by atoms with E-state index in [1.54, 1.807) is 12.1 Å². The van der Waals surface area contributed by atoms with Crippen LogP contribution in [-0.4, -0.2) is 31.0 Å². The molecule has 0 saturated heterocycles. The van der Waals surface area contributed by atoms with Gasteiger partial charge in [0, 0.05) is 16.7 Å². The van der Waals surface area contributed by atoms with Crippen molar-refractivity contribution < 1.29 is 19.1 Å². The normalized spacial score (nSPS) is 10.8. The summed E-state index contributed by atoms with van der Waals surface area (Å²) >= 11 is 1.52. The number of hydrogen-bond donors (Lipinski definition) is 3. The summed E-state index contributed by atoms with van der Waals surface area (Å²) in [5, 5.41) is 7.75. The van der Waals surface area contributed by atoms with Crippen LogP contribution in [0.1, 0.15) is 12.5 Å². The molecule has 34 heavy (non-hydrogen) atoms. The van der Waals surface area contributed by atoms with Crippen molar-refractivity contribution in [2.45, 2.75) is 23.1 Å². The number of amides is 3. The molecule has 8 nitrogen and oxygen atoms in total. The van der Waals surface area contributed by atoms with E-state index >= 15 is 0 Å². The highest BCUT2D eigenvalue weighted by Crippen LogP contribution is 2.34. The van der Waals surface area contributed by atoms with Crippen molar-refractivity contribution in [2.24, 2.45) is 4.99 Å². The lowest BCUT2D eigenvalue weighted by atomic mass is 10.1. The number of aliphatic imine (C=N–C) groups is 1. The maximum atomic E-state index is 12.5. The lowest BCUT2D eigenvalue weighted by Gasteiger charge is -2.13. The second kappa shape index (κ2) is 12.2. The van der Waals surface area contributed by atoms with Crippen LogP contribution in [-0.2, 0) is 20.7 Å². The highest BCUT2D eigenvalue weighted by Gasteiger charge is 2.13. The number of carbonyl (C=O) groups is 3. The molecule has 3 amide bonds. The zero-order chi connectivity index (χ0) is 24.3. The number of anilines is 1. The molecule has 3 aromatic carbocycles. The summed E-state index contributed by atoms with van der Waals surface area (Å²) in [6.45, 7) is 1.39. The van der Waals surface area contributed by atoms with E-state index in [-0.39, 0.29) is 24.2 Å². The molecule has 0 aromatic heterocycles. The Morgan fingerprint density at radius 2 is 1.56 bits per heavy atom. The summed E-state index contributed by atoms with van der Waals surface area (Å²) in [4.78, 5) is 42.5. The van der Waals surface area contributed by atoms with Crippen LogP contribution in [0.25, 0.3) is 0 Å². The molecular formula is C25H24N4O4S. The van der Waals surface area contributed by atoms with Crippen LogP contribution in [0.5, 0.6) is 0 Å². The van der Waals surface area contributed by atoms with Gasteiger partial charge in [-0.15, -0.1) is 0 Å². The van der Waals surface area contributed by atoms with Crippen LogP contribution in [0, 0.1) is 0 Å². The molecule has 0 atom stereocenters. The van der Waals surface area contributed by atoms with Gasteiger partial charge in [0.25, 0.3) is 0 Å². The molecule has 0 unspecified atom stereocenters. The second-order valence-electron chi connectivity index (χ2n) is 7.06. The average molecular weight is 477 g/mol. The monoisotopic (exact) mass is 476 g/mol. The summed E-state index contributed by atoms with van der Waals surface area (Å²) in [5.74, 6) is -0.782. The van der Waals surface area contributed by atoms with Crippen molar-refractivity contribution in [1.29, 1.82) is 0 Å². The van der Waals surface area contributed by atoms with Gasteiger partial charge in [-0.2, -0.15) is 0 Å². The molecule has 0 bridgehead atoms. The van der Waals surface area contributed by atoms with E-state index < -0.39 is 6.09 Å². The summed E-state index contributed by atoms with van der Waals surface area (Å²) in [7, 11) is 1.21. The Morgan fingerprint density at radius 1 is 0.882 bits per heavy atom. The molecule has 3 N–H and O–H groups in total. The van der Waals surface area contributed by atoms with Crippen molar-refractivity contribution in [3.63, 3.8) is 0 Å². The van der Waals surface area contributed by atoms with Gasteiger partial charge in [0.15, 0.2) is 0 Å². The topological polar surface area (TPSA) is 109 Å². The Balaban J connectivity index is 1.88. The van der Waals surface area contributed by atoms with Crippen LogP contribution in [0.2, 0.25) is 0 Å². The third-order valence-electron chi connectivity index (χ3n) is 4.36. The van der Waals surface area contributed by atoms with Crippen molar-refractivity contribution >= 4 is 47.0 Å². The highest BCUT2D eigenvalue weighted by atomic mass is 32.2. The number of guanidine groups is 1. The van der Waals surface area contributed by atoms with Crippen molar-refractivity contribution in [3.8, 4) is 0 Å². The first-order chi connectivity index (χ1) is 16.4. The minimum atomic E-state index is -0.795. The van der Waals surface area contributed by atoms with Gasteiger partial charge < -0.3 is 10.1 Å². The summed E-state index contributed by atoms with van der Waals surface area (Å²) in [5.41, 5.74) is 1.58. The van der Waals surface area contributed by atoms with Gasteiger partial charge in [0.1, 0.15) is 0 Å². The van der Waals surface area contributed by atoms with Crippen molar-refractivity contribution in [3.05, 3.63) is 84.4 Å². The van der Waals surface area contributed by atoms with E-state index in [4.69, 9.17) is 0 Å². The number of benzene rings is 3. The standard InChI is InChI=1S/C25H24N4O4S/c1-17(30)26-22-16-20(34-19-11-7-4-8-12-19)13-14-21(22)27-24(29-25(32)33-2)28-23(31)15-18-9-5-3-6-10-18/h3-14,16H,15H2,1-2H3,(H,26,30)(H2,27,28,29,31,32). The number of rotatable bonds is 6. The molecule has 174 valence electrons. The van der Waals surface area contributed by atoms with Gasteiger partial charge in [-0.25, -0.2) is 9.79 Å². The van der Waals surface area contributed by atoms with E-state index in [0.29, 0.717) is 11.4 Å². The van der Waals surface area contributed by atoms with Crippen LogP contribution in [0.15, 0.2) is 93.6 Å². The largest absolute Gasteiger partial charge is 0.453 e. The Bertz CT molecular complexity index is 1180. The molecule has 0 fully saturated rings. The fourth-order valence-electron chi connectivity index (χ4n) is 2.90. The van der Waals surface area contributed by atoms with E-state index in [1.807, 2.05) is 66.7 Å². The number of nitrogens with one attached hydrogen (secondary N) is 3. The predicted octanol–water partition coefficient (Wildman–Crippen LogP) is 4.50. The first-order valence-electron chi connectivity index (χ1n) is 10.3. The number of nitrogens with zero attached hydrogens (tertiary/aromatic N) is 1. The molecule has 0 aliphatic heterocycles. The molecule has 3 rings (SSSR count). The number of carbonyl (C=O) groups excluding carboxylic acids is 3. The lowest BCUT2D eigenvalue weighted by Crippen LogP contribution is -2.44. The van der Waals surface area contributed by atoms with Crippen molar-refractivity contribution in [2.75, 3.05) is 12.4 Å². The maximum absolute atomic E-state index is 12.5. The minimum Gasteiger partial charge on any atom is -0.453 e. The van der Waals surface area contributed by atoms with Gasteiger partial charge in [-0.05, 0) is 35.9 Å². The average Bonchev–Trinajstić information content (AvgIpc) is 2.81. The van der Waals surface area contributed by atoms with Gasteiger partial charge in [-0.3, -0.25) is 20.2 Å². The second-order valence-corrected chi connectivity index (χ2v) is 8.21. The van der Waals surface area contributed by atoms with E-state index in [1.165, 1.54) is 25.8 Å². The number of methoxy groups -OCH3 is 1. The lowest BCUT2D eigenvalue weighted by molar-refractivity contribution is -0.119. The number of ether oxygens (including phenoxy) is 1. The predicted molar refractivity (Wildman–Crippen MR) is 132 cm³/mol. The van der Waals surface area contributed by atoms with E-state index in [0.717, 1.165) is 15.4 Å². The summed E-state index contributed by atoms with van der Waals surface area (Å²) in [6, 6.07) is 24.3. The quantitative estimate of drug-likeness (QED) is 0.359. The summed E-state index contributed by atoms with van der Waals surface area (Å²) < 4.78 is 4.64. The maximum Gasteiger partial charge on any atom is 0.413 e. The molecule has 9 heteroatoms. The SMILES string of the molecule is COC(=O)NC(=Nc1ccc(Sc2ccccc2)cc1NC(C)=O)NC(=O)Cc1ccccc1. The van der Waals surface area contributed by atoms with E-state index in [2.05, 4.69) is 25.7 Å². The summed E-state index contributed by atoms with van der Waals surface area (Å²) in [6.07, 6.45) is -0.704. The molecule has 0 spiro atoms. The van der Waals surface area contributed by atoms with Crippen molar-refractivity contribution in [1.82, 2.24) is 10.6 Å². The molecule has 0 aliphatic carbocycles. The van der Waals surface area contributed by atoms with Crippen LogP contribution in [0.3, 0.4) is 0 Å². The zero-order valence-corrected chi connectivity index (χ0v) is 19.5. The van der Waals surface area contributed by atoms with Crippen LogP contribution in [0.4, 0.5) is 16.2 Å². The van der Waals surface area contributed by atoms with Gasteiger partial charge in [0.05, 0.1) is 24.9 Å². The molecular weight excluding hydrogens is 452 g/mol. The number of alkyl carbamates (subject to hydrolysis) is 1. The fourth-order valence-corrected chi connectivity index (χ4v) is 3.78. The smallest absolute Gasteiger partial charge is 0.413 e. The zero-order valence-electron chi connectivity index (χ0n) is 18.7. The van der Waals surface area contributed by atoms with Crippen LogP contribution < -0.4 is 16.0 Å². The van der Waals surface area contributed by atoms with Gasteiger partial charge in [-0.1, -0.05) is 60.3 Å². The third kappa shape index (κ3) is 7.79. The fraction of sp³-hybridized carbons (Fsp3) is 0.120. The minimum absolute atomic E-state index is 0.0912. The van der Waals surface area contributed by atoms with Gasteiger partial charge >= 0.3 is 6.09 Å². The number of hydrogen-bond acceptors (Lipinski definition) is 6. The first kappa shape index (κ1) is 24.5. The Kier molecular flexibility index (Phi) is 8.81. The third-order valence-corrected chi connectivity index (χ3v) is 5.36. The van der Waals surface area contributed by atoms with Gasteiger partial charge in [0.2, 0.25) is 17.8 Å². The highest BCUT2D eigenvalue weighted by molar-refractivity contribution is 7.99. The molecule has 3 aromatic rings. The first-order valence-corrected chi connectivity index (χ1v) is 11.2.